The van der Waals surface area contributed by atoms with Gasteiger partial charge in [0.25, 0.3) is 0 Å². The summed E-state index contributed by atoms with van der Waals surface area (Å²) in [6, 6.07) is 32.3. The van der Waals surface area contributed by atoms with Crippen molar-refractivity contribution < 1.29 is 9.59 Å². The smallest absolute Gasteiger partial charge is 0.234 e. The molecule has 0 heterocycles. The summed E-state index contributed by atoms with van der Waals surface area (Å²) in [7, 11) is -0.446. The van der Waals surface area contributed by atoms with Crippen molar-refractivity contribution in [1.82, 2.24) is 4.84 Å². The summed E-state index contributed by atoms with van der Waals surface area (Å²) in [6.07, 6.45) is 0.0946. The molecular formula is C22H22ClN2O2P. The van der Waals surface area contributed by atoms with Crippen LogP contribution in [0.1, 0.15) is 12.8 Å². The first-order valence-corrected chi connectivity index (χ1v) is 10.5. The molecule has 0 aliphatic carbocycles. The fourth-order valence-electron chi connectivity index (χ4n) is 2.46. The van der Waals surface area contributed by atoms with Gasteiger partial charge in [0, 0.05) is 24.6 Å². The third kappa shape index (κ3) is 7.15. The van der Waals surface area contributed by atoms with E-state index in [2.05, 4.69) is 91.0 Å². The molecule has 0 spiro atoms. The van der Waals surface area contributed by atoms with Crippen molar-refractivity contribution in [2.75, 3.05) is 0 Å². The fraction of sp³-hybridized carbons (Fsp3) is 0.0909. The molecule has 0 aliphatic heterocycles. The van der Waals surface area contributed by atoms with Crippen molar-refractivity contribution in [3.8, 4) is 0 Å². The maximum absolute atomic E-state index is 10.3. The van der Waals surface area contributed by atoms with Crippen LogP contribution in [0, 0.1) is 0 Å². The molecule has 0 bridgehead atoms. The second-order valence-corrected chi connectivity index (χ2v) is 8.24. The third-order valence-electron chi connectivity index (χ3n) is 3.75. The first-order chi connectivity index (χ1) is 13.6. The van der Waals surface area contributed by atoms with Crippen molar-refractivity contribution in [3.05, 3.63) is 91.0 Å². The van der Waals surface area contributed by atoms with E-state index in [0.717, 1.165) is 0 Å². The largest absolute Gasteiger partial charge is 0.370 e. The minimum atomic E-state index is -0.504. The van der Waals surface area contributed by atoms with Gasteiger partial charge in [0.05, 0.1) is 0 Å². The van der Waals surface area contributed by atoms with Gasteiger partial charge in [-0.3, -0.25) is 14.4 Å². The summed E-state index contributed by atoms with van der Waals surface area (Å²) >= 11 is 4.88. The van der Waals surface area contributed by atoms with E-state index in [1.807, 2.05) is 4.84 Å². The first-order valence-electron chi connectivity index (χ1n) is 8.75. The van der Waals surface area contributed by atoms with Crippen molar-refractivity contribution in [2.45, 2.75) is 12.8 Å². The molecule has 0 aliphatic rings. The van der Waals surface area contributed by atoms with Crippen LogP contribution in [0.5, 0.6) is 0 Å². The Kier molecular flexibility index (Phi) is 9.20. The summed E-state index contributed by atoms with van der Waals surface area (Å²) in [4.78, 5) is 22.1. The van der Waals surface area contributed by atoms with Crippen molar-refractivity contribution in [1.29, 1.82) is 0 Å². The molecule has 3 N–H and O–H groups in total. The zero-order chi connectivity index (χ0) is 20.2. The molecule has 3 rings (SSSR count). The Bertz CT molecular complexity index is 768. The molecule has 0 atom stereocenters. The van der Waals surface area contributed by atoms with E-state index in [1.54, 1.807) is 0 Å². The van der Waals surface area contributed by atoms with Gasteiger partial charge in [-0.25, -0.2) is 0 Å². The van der Waals surface area contributed by atoms with Crippen LogP contribution in [0.25, 0.3) is 0 Å². The number of nitrogens with one attached hydrogen (secondary N) is 1. The minimum Gasteiger partial charge on any atom is -0.370 e. The lowest BCUT2D eigenvalue weighted by molar-refractivity contribution is -0.123. The Hall–Kier alpha value is -2.68. The van der Waals surface area contributed by atoms with Gasteiger partial charge in [-0.2, -0.15) is 0 Å². The van der Waals surface area contributed by atoms with E-state index in [1.165, 1.54) is 15.9 Å². The predicted octanol–water partition coefficient (Wildman–Crippen LogP) is 2.97. The second-order valence-electron chi connectivity index (χ2n) is 5.83. The number of rotatable bonds is 6. The zero-order valence-electron chi connectivity index (χ0n) is 15.3. The molecule has 2 amide bonds. The first kappa shape index (κ1) is 21.6. The highest BCUT2D eigenvalue weighted by Gasteiger charge is 2.14. The Labute approximate surface area is 171 Å². The molecular weight excluding hydrogens is 391 g/mol. The lowest BCUT2D eigenvalue weighted by atomic mass is 10.3. The number of amides is 2. The number of hydrogen-bond acceptors (Lipinski definition) is 2. The van der Waals surface area contributed by atoms with Crippen molar-refractivity contribution in [3.63, 3.8) is 0 Å². The zero-order valence-corrected chi connectivity index (χ0v) is 16.9. The van der Waals surface area contributed by atoms with Gasteiger partial charge < -0.3 is 5.73 Å². The molecule has 0 radical (unpaired) electrons. The monoisotopic (exact) mass is 412 g/mol. The number of hydrogen-bond donors (Lipinski definition) is 2. The summed E-state index contributed by atoms with van der Waals surface area (Å²) in [5.41, 5.74) is 4.73. The third-order valence-corrected chi connectivity index (χ3v) is 6.40. The summed E-state index contributed by atoms with van der Waals surface area (Å²) in [5.74, 6) is -0.897. The molecule has 3 aromatic carbocycles. The van der Waals surface area contributed by atoms with Crippen LogP contribution < -0.4 is 26.5 Å². The van der Waals surface area contributed by atoms with E-state index in [0.29, 0.717) is 0 Å². The molecule has 28 heavy (non-hydrogen) atoms. The second kappa shape index (κ2) is 11.9. The molecule has 0 saturated carbocycles. The number of primary amides is 1. The summed E-state index contributed by atoms with van der Waals surface area (Å²) in [6.45, 7) is 0. The van der Waals surface area contributed by atoms with Crippen LogP contribution >= 0.6 is 19.7 Å². The predicted molar refractivity (Wildman–Crippen MR) is 118 cm³/mol. The minimum absolute atomic E-state index is 0.0402. The Balaban J connectivity index is 0.000000266. The van der Waals surface area contributed by atoms with Gasteiger partial charge in [0.2, 0.25) is 11.8 Å². The van der Waals surface area contributed by atoms with E-state index < -0.39 is 19.7 Å². The quantitative estimate of drug-likeness (QED) is 0.482. The Morgan fingerprint density at radius 1 is 0.714 bits per heavy atom. The molecule has 0 aromatic heterocycles. The number of carbonyl (C=O) groups excluding carboxylic acids is 2. The van der Waals surface area contributed by atoms with Crippen molar-refractivity contribution >= 4 is 47.4 Å². The van der Waals surface area contributed by atoms with Crippen molar-refractivity contribution in [2.24, 2.45) is 5.73 Å². The SMILES string of the molecule is NC(=O)CCC(=O)NCl.c1ccc(P(c2ccccc2)c2ccccc2)cc1. The maximum atomic E-state index is 10.3. The normalized spacial score (nSPS) is 9.93. The van der Waals surface area contributed by atoms with Gasteiger partial charge in [-0.1, -0.05) is 91.0 Å². The van der Waals surface area contributed by atoms with E-state index in [4.69, 9.17) is 17.5 Å². The van der Waals surface area contributed by atoms with Gasteiger partial charge in [0.15, 0.2) is 0 Å². The number of benzene rings is 3. The number of carbonyl (C=O) groups is 2. The molecule has 4 nitrogen and oxygen atoms in total. The highest BCUT2D eigenvalue weighted by atomic mass is 35.5. The Morgan fingerprint density at radius 2 is 1.07 bits per heavy atom. The van der Waals surface area contributed by atoms with Crippen LogP contribution in [0.3, 0.4) is 0 Å². The average molecular weight is 413 g/mol. The van der Waals surface area contributed by atoms with E-state index >= 15 is 0 Å². The topological polar surface area (TPSA) is 72.2 Å². The van der Waals surface area contributed by atoms with Crippen LogP contribution in [-0.4, -0.2) is 11.8 Å². The molecule has 0 saturated heterocycles. The Morgan fingerprint density at radius 3 is 1.36 bits per heavy atom. The highest BCUT2D eigenvalue weighted by molar-refractivity contribution is 7.79. The fourth-order valence-corrected chi connectivity index (χ4v) is 4.86. The highest BCUT2D eigenvalue weighted by Crippen LogP contribution is 2.32. The molecule has 6 heteroatoms. The molecule has 3 aromatic rings. The standard InChI is InChI=1S/C18H15P.C4H7ClN2O2/c1-4-10-16(11-5-1)19(17-12-6-2-7-13-17)18-14-8-3-9-15-18;5-7-4(9)2-1-3(6)8/h1-15H;1-2H2,(H2,6,8)(H,7,9). The molecule has 0 fully saturated rings. The average Bonchev–Trinajstić information content (AvgIpc) is 2.75. The van der Waals surface area contributed by atoms with Crippen LogP contribution in [0.15, 0.2) is 91.0 Å². The molecule has 0 unspecified atom stereocenters. The lowest BCUT2D eigenvalue weighted by Crippen LogP contribution is -2.20. The van der Waals surface area contributed by atoms with Gasteiger partial charge in [0.1, 0.15) is 0 Å². The maximum Gasteiger partial charge on any atom is 0.234 e. The van der Waals surface area contributed by atoms with Crippen LogP contribution in [0.2, 0.25) is 0 Å². The van der Waals surface area contributed by atoms with E-state index in [-0.39, 0.29) is 12.8 Å². The van der Waals surface area contributed by atoms with Crippen LogP contribution in [-0.2, 0) is 9.59 Å². The van der Waals surface area contributed by atoms with Gasteiger partial charge in [-0.15, -0.1) is 0 Å². The van der Waals surface area contributed by atoms with Gasteiger partial charge >= 0.3 is 0 Å². The lowest BCUT2D eigenvalue weighted by Gasteiger charge is -2.18. The summed E-state index contributed by atoms with van der Waals surface area (Å²) in [5, 5.41) is 4.19. The van der Waals surface area contributed by atoms with E-state index in [9.17, 15) is 9.59 Å². The number of halogens is 1. The number of nitrogens with two attached hydrogens (primary N) is 1. The van der Waals surface area contributed by atoms with Gasteiger partial charge in [-0.05, 0) is 23.8 Å². The van der Waals surface area contributed by atoms with Crippen LogP contribution in [0.4, 0.5) is 0 Å². The summed E-state index contributed by atoms with van der Waals surface area (Å²) < 4.78 is 0. The molecule has 144 valence electrons.